The maximum Gasteiger partial charge on any atom is 0.147 e. The van der Waals surface area contributed by atoms with Gasteiger partial charge in [-0.2, -0.15) is 5.26 Å². The van der Waals surface area contributed by atoms with Crippen molar-refractivity contribution in [3.8, 4) is 6.07 Å². The van der Waals surface area contributed by atoms with Crippen molar-refractivity contribution in [3.63, 3.8) is 0 Å². The number of likely N-dealkylation sites (tertiary alicyclic amines) is 1. The number of piperidine rings is 2. The van der Waals surface area contributed by atoms with E-state index in [1.807, 2.05) is 6.07 Å². The highest BCUT2D eigenvalue weighted by atomic mass is 19.1. The van der Waals surface area contributed by atoms with Gasteiger partial charge >= 0.3 is 0 Å². The van der Waals surface area contributed by atoms with Crippen molar-refractivity contribution in [2.75, 3.05) is 31.1 Å². The summed E-state index contributed by atoms with van der Waals surface area (Å²) in [6.45, 7) is 4.28. The summed E-state index contributed by atoms with van der Waals surface area (Å²) in [5, 5.41) is 8.81. The fraction of sp³-hybridized carbons (Fsp3) is 0.588. The Labute approximate surface area is 126 Å². The van der Waals surface area contributed by atoms with E-state index in [2.05, 4.69) is 9.80 Å². The predicted molar refractivity (Wildman–Crippen MR) is 81.8 cm³/mol. The van der Waals surface area contributed by atoms with Crippen LogP contribution in [0.2, 0.25) is 0 Å². The van der Waals surface area contributed by atoms with E-state index in [-0.39, 0.29) is 5.82 Å². The van der Waals surface area contributed by atoms with Gasteiger partial charge in [0.25, 0.3) is 0 Å². The number of hydrogen-bond acceptors (Lipinski definition) is 3. The molecular formula is C17H22FN3. The molecule has 2 aliphatic heterocycles. The molecule has 0 saturated carbocycles. The minimum atomic E-state index is -0.273. The molecule has 21 heavy (non-hydrogen) atoms. The zero-order valence-electron chi connectivity index (χ0n) is 12.4. The predicted octanol–water partition coefficient (Wildman–Crippen LogP) is 3.15. The lowest BCUT2D eigenvalue weighted by Gasteiger charge is -2.41. The Morgan fingerprint density at radius 3 is 2.38 bits per heavy atom. The number of nitriles is 1. The lowest BCUT2D eigenvalue weighted by Crippen LogP contribution is -2.46. The van der Waals surface area contributed by atoms with Gasteiger partial charge in [0.15, 0.2) is 0 Å². The molecule has 0 aromatic heterocycles. The van der Waals surface area contributed by atoms with E-state index in [4.69, 9.17) is 5.26 Å². The average Bonchev–Trinajstić information content (AvgIpc) is 2.56. The Morgan fingerprint density at radius 1 is 1.05 bits per heavy atom. The van der Waals surface area contributed by atoms with Crippen LogP contribution in [-0.2, 0) is 0 Å². The summed E-state index contributed by atoms with van der Waals surface area (Å²) in [5.41, 5.74) is 1.03. The molecule has 0 aliphatic carbocycles. The van der Waals surface area contributed by atoms with Gasteiger partial charge in [-0.15, -0.1) is 0 Å². The summed E-state index contributed by atoms with van der Waals surface area (Å²) in [4.78, 5) is 4.74. The highest BCUT2D eigenvalue weighted by Crippen LogP contribution is 2.27. The van der Waals surface area contributed by atoms with E-state index < -0.39 is 0 Å². The van der Waals surface area contributed by atoms with Crippen molar-refractivity contribution < 1.29 is 4.39 Å². The van der Waals surface area contributed by atoms with Gasteiger partial charge in [-0.1, -0.05) is 6.42 Å². The number of halogens is 1. The number of benzene rings is 1. The van der Waals surface area contributed by atoms with Gasteiger partial charge in [-0.25, -0.2) is 4.39 Å². The highest BCUT2D eigenvalue weighted by Gasteiger charge is 2.26. The topological polar surface area (TPSA) is 30.3 Å². The lowest BCUT2D eigenvalue weighted by molar-refractivity contribution is 0.141. The molecular weight excluding hydrogens is 265 g/mol. The van der Waals surface area contributed by atoms with E-state index in [0.29, 0.717) is 17.3 Å². The second kappa shape index (κ2) is 6.44. The maximum atomic E-state index is 14.1. The van der Waals surface area contributed by atoms with Gasteiger partial charge in [-0.05, 0) is 57.0 Å². The molecule has 1 aromatic rings. The van der Waals surface area contributed by atoms with Crippen LogP contribution in [-0.4, -0.2) is 37.1 Å². The zero-order chi connectivity index (χ0) is 14.7. The molecule has 0 amide bonds. The quantitative estimate of drug-likeness (QED) is 0.837. The number of anilines is 1. The van der Waals surface area contributed by atoms with E-state index in [1.165, 1.54) is 38.4 Å². The number of hydrogen-bond donors (Lipinski definition) is 0. The van der Waals surface area contributed by atoms with E-state index in [1.54, 1.807) is 12.1 Å². The molecule has 2 fully saturated rings. The summed E-state index contributed by atoms with van der Waals surface area (Å²) >= 11 is 0. The van der Waals surface area contributed by atoms with Crippen LogP contribution in [0.3, 0.4) is 0 Å². The molecule has 0 N–H and O–H groups in total. The lowest BCUT2D eigenvalue weighted by atomic mass is 9.99. The Kier molecular flexibility index (Phi) is 4.40. The third-order valence-corrected chi connectivity index (χ3v) is 4.79. The summed E-state index contributed by atoms with van der Waals surface area (Å²) in [7, 11) is 0. The Bertz CT molecular complexity index is 523. The first-order valence-electron chi connectivity index (χ1n) is 7.96. The molecule has 1 aromatic carbocycles. The molecule has 3 rings (SSSR count). The van der Waals surface area contributed by atoms with Crippen molar-refractivity contribution in [1.29, 1.82) is 5.26 Å². The molecule has 0 unspecified atom stereocenters. The smallest absolute Gasteiger partial charge is 0.147 e. The third kappa shape index (κ3) is 3.19. The standard InChI is InChI=1S/C17H22FN3/c18-16-12-14(13-19)4-5-17(16)21-10-6-15(7-11-21)20-8-2-1-3-9-20/h4-5,12,15H,1-3,6-11H2. The van der Waals surface area contributed by atoms with Crippen LogP contribution in [0.1, 0.15) is 37.7 Å². The minimum Gasteiger partial charge on any atom is -0.369 e. The summed E-state index contributed by atoms with van der Waals surface area (Å²) in [6, 6.07) is 7.44. The fourth-order valence-electron chi connectivity index (χ4n) is 3.59. The van der Waals surface area contributed by atoms with Gasteiger partial charge in [-0.3, -0.25) is 0 Å². The Morgan fingerprint density at radius 2 is 1.76 bits per heavy atom. The van der Waals surface area contributed by atoms with E-state index in [0.717, 1.165) is 25.9 Å². The zero-order valence-corrected chi connectivity index (χ0v) is 12.4. The van der Waals surface area contributed by atoms with Crippen LogP contribution < -0.4 is 4.90 Å². The molecule has 2 saturated heterocycles. The number of rotatable bonds is 2. The number of nitrogens with zero attached hydrogens (tertiary/aromatic N) is 3. The first-order chi connectivity index (χ1) is 10.3. The summed E-state index contributed by atoms with van der Waals surface area (Å²) in [6.07, 6.45) is 6.24. The van der Waals surface area contributed by atoms with Gasteiger partial charge in [0.05, 0.1) is 17.3 Å². The van der Waals surface area contributed by atoms with Crippen LogP contribution in [0.25, 0.3) is 0 Å². The summed E-state index contributed by atoms with van der Waals surface area (Å²) < 4.78 is 14.1. The van der Waals surface area contributed by atoms with Gasteiger partial charge in [0.1, 0.15) is 5.82 Å². The second-order valence-corrected chi connectivity index (χ2v) is 6.09. The molecule has 4 heteroatoms. The Hall–Kier alpha value is -1.60. The SMILES string of the molecule is N#Cc1ccc(N2CCC(N3CCCCC3)CC2)c(F)c1. The third-order valence-electron chi connectivity index (χ3n) is 4.79. The largest absolute Gasteiger partial charge is 0.369 e. The monoisotopic (exact) mass is 287 g/mol. The van der Waals surface area contributed by atoms with Gasteiger partial charge in [0, 0.05) is 19.1 Å². The van der Waals surface area contributed by atoms with Crippen LogP contribution in [0.15, 0.2) is 18.2 Å². The molecule has 0 bridgehead atoms. The molecule has 0 radical (unpaired) electrons. The van der Waals surface area contributed by atoms with Crippen LogP contribution >= 0.6 is 0 Å². The van der Waals surface area contributed by atoms with E-state index >= 15 is 0 Å². The van der Waals surface area contributed by atoms with Gasteiger partial charge < -0.3 is 9.80 Å². The molecule has 2 aliphatic rings. The van der Waals surface area contributed by atoms with Gasteiger partial charge in [0.2, 0.25) is 0 Å². The summed E-state index contributed by atoms with van der Waals surface area (Å²) in [5.74, 6) is -0.273. The molecule has 0 atom stereocenters. The van der Waals surface area contributed by atoms with Crippen molar-refractivity contribution in [2.45, 2.75) is 38.1 Å². The van der Waals surface area contributed by atoms with Crippen LogP contribution in [0, 0.1) is 17.1 Å². The van der Waals surface area contributed by atoms with E-state index in [9.17, 15) is 4.39 Å². The maximum absolute atomic E-state index is 14.1. The first-order valence-corrected chi connectivity index (χ1v) is 7.96. The normalized spacial score (nSPS) is 21.2. The molecule has 2 heterocycles. The van der Waals surface area contributed by atoms with Crippen molar-refractivity contribution in [1.82, 2.24) is 4.90 Å². The minimum absolute atomic E-state index is 0.273. The van der Waals surface area contributed by atoms with Crippen molar-refractivity contribution in [2.24, 2.45) is 0 Å². The first kappa shape index (κ1) is 14.3. The highest BCUT2D eigenvalue weighted by molar-refractivity contribution is 5.51. The van der Waals surface area contributed by atoms with Crippen LogP contribution in [0.5, 0.6) is 0 Å². The van der Waals surface area contributed by atoms with Crippen molar-refractivity contribution >= 4 is 5.69 Å². The molecule has 112 valence electrons. The molecule has 3 nitrogen and oxygen atoms in total. The van der Waals surface area contributed by atoms with Crippen LogP contribution in [0.4, 0.5) is 10.1 Å². The average molecular weight is 287 g/mol. The fourth-order valence-corrected chi connectivity index (χ4v) is 3.59. The molecule has 0 spiro atoms. The second-order valence-electron chi connectivity index (χ2n) is 6.09. The Balaban J connectivity index is 1.61. The van der Waals surface area contributed by atoms with Crippen molar-refractivity contribution in [3.05, 3.63) is 29.6 Å².